The van der Waals surface area contributed by atoms with Crippen molar-refractivity contribution < 1.29 is 23.9 Å². The molecule has 0 spiro atoms. The van der Waals surface area contributed by atoms with E-state index in [1.165, 1.54) is 6.92 Å². The SMILES string of the molecule is CC1CCN(C(=O)COC(=O)[C@@H](C)N2C(=O)c3ccccc3C2=O)CC1. The van der Waals surface area contributed by atoms with Crippen molar-refractivity contribution in [1.82, 2.24) is 9.80 Å². The minimum atomic E-state index is -1.09. The number of amides is 3. The highest BCUT2D eigenvalue weighted by Gasteiger charge is 2.41. The second-order valence-corrected chi connectivity index (χ2v) is 6.87. The maximum Gasteiger partial charge on any atom is 0.329 e. The second kappa shape index (κ2) is 7.27. The van der Waals surface area contributed by atoms with Crippen LogP contribution in [0.25, 0.3) is 0 Å². The molecule has 1 atom stereocenters. The Morgan fingerprint density at radius 2 is 1.65 bits per heavy atom. The summed E-state index contributed by atoms with van der Waals surface area (Å²) in [6.45, 7) is 4.51. The summed E-state index contributed by atoms with van der Waals surface area (Å²) in [5.41, 5.74) is 0.548. The smallest absolute Gasteiger partial charge is 0.329 e. The molecular weight excluding hydrogens is 336 g/mol. The molecule has 0 bridgehead atoms. The van der Waals surface area contributed by atoms with E-state index in [1.807, 2.05) is 0 Å². The van der Waals surface area contributed by atoms with Gasteiger partial charge in [0, 0.05) is 13.1 Å². The van der Waals surface area contributed by atoms with Crippen LogP contribution in [-0.4, -0.2) is 59.2 Å². The number of esters is 1. The number of nitrogens with zero attached hydrogens (tertiary/aromatic N) is 2. The Morgan fingerprint density at radius 3 is 2.19 bits per heavy atom. The molecule has 1 aromatic rings. The molecule has 1 aromatic carbocycles. The van der Waals surface area contributed by atoms with Crippen molar-refractivity contribution in [2.75, 3.05) is 19.7 Å². The van der Waals surface area contributed by atoms with Crippen LogP contribution >= 0.6 is 0 Å². The van der Waals surface area contributed by atoms with Crippen molar-refractivity contribution >= 4 is 23.7 Å². The van der Waals surface area contributed by atoms with E-state index in [1.54, 1.807) is 29.2 Å². The first kappa shape index (κ1) is 18.1. The Bertz CT molecular complexity index is 717. The molecule has 2 aliphatic heterocycles. The number of fused-ring (bicyclic) bond motifs is 1. The molecule has 1 saturated heterocycles. The van der Waals surface area contributed by atoms with Gasteiger partial charge in [-0.3, -0.25) is 19.3 Å². The van der Waals surface area contributed by atoms with Gasteiger partial charge in [-0.2, -0.15) is 0 Å². The summed E-state index contributed by atoms with van der Waals surface area (Å²) in [6, 6.07) is 5.34. The van der Waals surface area contributed by atoms with Crippen molar-refractivity contribution in [1.29, 1.82) is 0 Å². The van der Waals surface area contributed by atoms with E-state index in [0.29, 0.717) is 19.0 Å². The summed E-state index contributed by atoms with van der Waals surface area (Å²) in [5, 5.41) is 0. The molecule has 138 valence electrons. The average Bonchev–Trinajstić information content (AvgIpc) is 2.90. The van der Waals surface area contributed by atoms with E-state index in [9.17, 15) is 19.2 Å². The first-order chi connectivity index (χ1) is 12.4. The Balaban J connectivity index is 1.58. The number of rotatable bonds is 4. The minimum absolute atomic E-state index is 0.250. The fraction of sp³-hybridized carbons (Fsp3) is 0.474. The fourth-order valence-corrected chi connectivity index (χ4v) is 3.27. The molecule has 7 nitrogen and oxygen atoms in total. The number of carbonyl (C=O) groups is 4. The number of carbonyl (C=O) groups excluding carboxylic acids is 4. The highest BCUT2D eigenvalue weighted by molar-refractivity contribution is 6.22. The van der Waals surface area contributed by atoms with Crippen LogP contribution in [-0.2, 0) is 14.3 Å². The number of likely N-dealkylation sites (tertiary alicyclic amines) is 1. The van der Waals surface area contributed by atoms with E-state index in [2.05, 4.69) is 6.92 Å². The van der Waals surface area contributed by atoms with Gasteiger partial charge in [0.15, 0.2) is 6.61 Å². The van der Waals surface area contributed by atoms with E-state index in [4.69, 9.17) is 4.74 Å². The molecule has 0 aliphatic carbocycles. The summed E-state index contributed by atoms with van der Waals surface area (Å²) in [6.07, 6.45) is 1.87. The van der Waals surface area contributed by atoms with Crippen molar-refractivity contribution in [2.24, 2.45) is 5.92 Å². The molecule has 0 saturated carbocycles. The lowest BCUT2D eigenvalue weighted by molar-refractivity contribution is -0.155. The van der Waals surface area contributed by atoms with Gasteiger partial charge in [0.1, 0.15) is 6.04 Å². The summed E-state index contributed by atoms with van der Waals surface area (Å²) in [5.74, 6) is -1.47. The number of hydrogen-bond acceptors (Lipinski definition) is 5. The zero-order valence-electron chi connectivity index (χ0n) is 14.9. The van der Waals surface area contributed by atoms with Crippen LogP contribution in [0.1, 0.15) is 47.4 Å². The minimum Gasteiger partial charge on any atom is -0.454 e. The number of hydrogen-bond donors (Lipinski definition) is 0. The number of benzene rings is 1. The van der Waals surface area contributed by atoms with Gasteiger partial charge in [-0.1, -0.05) is 19.1 Å². The standard InChI is InChI=1S/C19H22N2O5/c1-12-7-9-20(10-8-12)16(22)11-26-19(25)13(2)21-17(23)14-5-3-4-6-15(14)18(21)24/h3-6,12-13H,7-11H2,1-2H3/t13-/m1/s1. The summed E-state index contributed by atoms with van der Waals surface area (Å²) in [7, 11) is 0. The quantitative estimate of drug-likeness (QED) is 0.601. The Labute approximate surface area is 151 Å². The third-order valence-electron chi connectivity index (χ3n) is 5.03. The largest absolute Gasteiger partial charge is 0.454 e. The van der Waals surface area contributed by atoms with Crippen LogP contribution in [0, 0.1) is 5.92 Å². The summed E-state index contributed by atoms with van der Waals surface area (Å²) in [4.78, 5) is 51.8. The van der Waals surface area contributed by atoms with Crippen molar-refractivity contribution in [2.45, 2.75) is 32.7 Å². The Hall–Kier alpha value is -2.70. The first-order valence-corrected chi connectivity index (χ1v) is 8.81. The molecule has 0 N–H and O–H groups in total. The Morgan fingerprint density at radius 1 is 1.12 bits per heavy atom. The van der Waals surface area contributed by atoms with Crippen LogP contribution < -0.4 is 0 Å². The van der Waals surface area contributed by atoms with Crippen molar-refractivity contribution in [3.8, 4) is 0 Å². The van der Waals surface area contributed by atoms with Gasteiger partial charge < -0.3 is 9.64 Å². The highest BCUT2D eigenvalue weighted by atomic mass is 16.5. The zero-order chi connectivity index (χ0) is 18.8. The van der Waals surface area contributed by atoms with E-state index >= 15 is 0 Å². The lowest BCUT2D eigenvalue weighted by Crippen LogP contribution is -2.45. The van der Waals surface area contributed by atoms with Crippen LogP contribution in [0.3, 0.4) is 0 Å². The maximum atomic E-state index is 12.4. The third-order valence-corrected chi connectivity index (χ3v) is 5.03. The number of piperidine rings is 1. The predicted octanol–water partition coefficient (Wildman–Crippen LogP) is 1.47. The normalized spacial score (nSPS) is 18.7. The molecule has 2 heterocycles. The molecule has 0 aromatic heterocycles. The van der Waals surface area contributed by atoms with Crippen molar-refractivity contribution in [3.63, 3.8) is 0 Å². The van der Waals surface area contributed by atoms with Crippen LogP contribution in [0.4, 0.5) is 0 Å². The first-order valence-electron chi connectivity index (χ1n) is 8.81. The molecule has 0 radical (unpaired) electrons. The third kappa shape index (κ3) is 3.34. The molecule has 3 rings (SSSR count). The maximum absolute atomic E-state index is 12.4. The summed E-state index contributed by atoms with van der Waals surface area (Å²) >= 11 is 0. The highest BCUT2D eigenvalue weighted by Crippen LogP contribution is 2.24. The van der Waals surface area contributed by atoms with Gasteiger partial charge in [0.25, 0.3) is 17.7 Å². The molecule has 3 amide bonds. The molecular formula is C19H22N2O5. The number of imide groups is 1. The monoisotopic (exact) mass is 358 g/mol. The van der Waals surface area contributed by atoms with E-state index < -0.39 is 23.8 Å². The zero-order valence-corrected chi connectivity index (χ0v) is 14.9. The van der Waals surface area contributed by atoms with Gasteiger partial charge in [-0.05, 0) is 37.8 Å². The lowest BCUT2D eigenvalue weighted by atomic mass is 9.99. The van der Waals surface area contributed by atoms with Gasteiger partial charge in [-0.15, -0.1) is 0 Å². The summed E-state index contributed by atoms with van der Waals surface area (Å²) < 4.78 is 5.08. The van der Waals surface area contributed by atoms with Gasteiger partial charge in [0.05, 0.1) is 11.1 Å². The van der Waals surface area contributed by atoms with Crippen LogP contribution in [0.15, 0.2) is 24.3 Å². The van der Waals surface area contributed by atoms with Crippen molar-refractivity contribution in [3.05, 3.63) is 35.4 Å². The van der Waals surface area contributed by atoms with Gasteiger partial charge in [0.2, 0.25) is 0 Å². The lowest BCUT2D eigenvalue weighted by Gasteiger charge is -2.30. The van der Waals surface area contributed by atoms with E-state index in [0.717, 1.165) is 17.7 Å². The predicted molar refractivity (Wildman–Crippen MR) is 92.3 cm³/mol. The molecule has 26 heavy (non-hydrogen) atoms. The molecule has 2 aliphatic rings. The van der Waals surface area contributed by atoms with Gasteiger partial charge >= 0.3 is 5.97 Å². The molecule has 7 heteroatoms. The number of ether oxygens (including phenoxy) is 1. The molecule has 0 unspecified atom stereocenters. The van der Waals surface area contributed by atoms with Crippen LogP contribution in [0.2, 0.25) is 0 Å². The van der Waals surface area contributed by atoms with Crippen LogP contribution in [0.5, 0.6) is 0 Å². The fourth-order valence-electron chi connectivity index (χ4n) is 3.27. The average molecular weight is 358 g/mol. The van der Waals surface area contributed by atoms with Gasteiger partial charge in [-0.25, -0.2) is 4.79 Å². The molecule has 1 fully saturated rings. The van der Waals surface area contributed by atoms with E-state index in [-0.39, 0.29) is 23.6 Å². The Kier molecular flexibility index (Phi) is 5.06. The second-order valence-electron chi connectivity index (χ2n) is 6.87. The topological polar surface area (TPSA) is 84.0 Å².